The summed E-state index contributed by atoms with van der Waals surface area (Å²) in [5.41, 5.74) is 8.89. The van der Waals surface area contributed by atoms with Crippen LogP contribution in [0.25, 0.3) is 0 Å². The smallest absolute Gasteiger partial charge is 0.0410 e. The molecule has 0 spiro atoms. The highest BCUT2D eigenvalue weighted by Gasteiger charge is 2.16. The van der Waals surface area contributed by atoms with Gasteiger partial charge in [0.2, 0.25) is 0 Å². The minimum absolute atomic E-state index is 0.273. The van der Waals surface area contributed by atoms with Crippen LogP contribution in [0.4, 0.5) is 5.69 Å². The first-order valence-electron chi connectivity index (χ1n) is 6.99. The number of hydrogen-bond acceptors (Lipinski definition) is 2. The van der Waals surface area contributed by atoms with E-state index in [1.807, 2.05) is 0 Å². The quantitative estimate of drug-likeness (QED) is 0.918. The van der Waals surface area contributed by atoms with E-state index in [4.69, 9.17) is 5.73 Å². The van der Waals surface area contributed by atoms with Crippen LogP contribution in [0.2, 0.25) is 0 Å². The van der Waals surface area contributed by atoms with Gasteiger partial charge < -0.3 is 10.6 Å². The Morgan fingerprint density at radius 2 is 2.00 bits per heavy atom. The van der Waals surface area contributed by atoms with E-state index in [9.17, 15) is 0 Å². The summed E-state index contributed by atoms with van der Waals surface area (Å²) >= 11 is 3.59. The van der Waals surface area contributed by atoms with Gasteiger partial charge in [0.25, 0.3) is 0 Å². The number of piperidine rings is 1. The van der Waals surface area contributed by atoms with E-state index in [0.717, 1.165) is 17.3 Å². The lowest BCUT2D eigenvalue weighted by Crippen LogP contribution is -2.31. The second-order valence-electron chi connectivity index (χ2n) is 5.19. The molecule has 1 aromatic rings. The summed E-state index contributed by atoms with van der Waals surface area (Å²) < 4.78 is 1.16. The molecule has 0 aromatic heterocycles. The first-order chi connectivity index (χ1) is 8.70. The summed E-state index contributed by atoms with van der Waals surface area (Å²) in [5, 5.41) is 0. The maximum absolute atomic E-state index is 6.11. The van der Waals surface area contributed by atoms with Crippen molar-refractivity contribution in [3.05, 3.63) is 28.2 Å². The monoisotopic (exact) mass is 310 g/mol. The number of nitrogens with zero attached hydrogens (tertiary/aromatic N) is 1. The van der Waals surface area contributed by atoms with Gasteiger partial charge in [0, 0.05) is 29.3 Å². The van der Waals surface area contributed by atoms with Crippen molar-refractivity contribution in [3.63, 3.8) is 0 Å². The molecule has 1 aliphatic rings. The van der Waals surface area contributed by atoms with Crippen LogP contribution in [0.15, 0.2) is 22.7 Å². The van der Waals surface area contributed by atoms with Crippen LogP contribution in [0.3, 0.4) is 0 Å². The van der Waals surface area contributed by atoms with E-state index < -0.39 is 0 Å². The SMILES string of the molecule is CCC(N)Cc1ccc(Br)cc1N1CCCCC1. The maximum atomic E-state index is 6.11. The van der Waals surface area contributed by atoms with Crippen molar-refractivity contribution in [3.8, 4) is 0 Å². The highest BCUT2D eigenvalue weighted by molar-refractivity contribution is 9.10. The molecule has 1 aromatic carbocycles. The molecule has 1 atom stereocenters. The predicted molar refractivity (Wildman–Crippen MR) is 82.2 cm³/mol. The van der Waals surface area contributed by atoms with Crippen molar-refractivity contribution < 1.29 is 0 Å². The average Bonchev–Trinajstić information content (AvgIpc) is 2.41. The molecule has 100 valence electrons. The molecule has 3 heteroatoms. The Morgan fingerprint density at radius 1 is 1.28 bits per heavy atom. The second kappa shape index (κ2) is 6.58. The van der Waals surface area contributed by atoms with Gasteiger partial charge in [-0.3, -0.25) is 0 Å². The van der Waals surface area contributed by atoms with Gasteiger partial charge in [0.15, 0.2) is 0 Å². The molecule has 0 radical (unpaired) electrons. The Morgan fingerprint density at radius 3 is 2.67 bits per heavy atom. The standard InChI is InChI=1S/C15H23BrN2/c1-2-14(17)10-12-6-7-13(16)11-15(12)18-8-4-3-5-9-18/h6-7,11,14H,2-5,8-10,17H2,1H3. The Balaban J connectivity index is 2.22. The van der Waals surface area contributed by atoms with Crippen molar-refractivity contribution in [2.45, 2.75) is 45.1 Å². The first-order valence-corrected chi connectivity index (χ1v) is 7.79. The molecule has 2 N–H and O–H groups in total. The summed E-state index contributed by atoms with van der Waals surface area (Å²) in [6.45, 7) is 4.53. The Labute approximate surface area is 119 Å². The Bertz CT molecular complexity index is 386. The fourth-order valence-electron chi connectivity index (χ4n) is 2.57. The zero-order valence-electron chi connectivity index (χ0n) is 11.2. The van der Waals surface area contributed by atoms with Gasteiger partial charge in [-0.1, -0.05) is 28.9 Å². The number of benzene rings is 1. The number of anilines is 1. The molecule has 0 saturated carbocycles. The van der Waals surface area contributed by atoms with Crippen LogP contribution in [0.5, 0.6) is 0 Å². The zero-order chi connectivity index (χ0) is 13.0. The van der Waals surface area contributed by atoms with E-state index in [2.05, 4.69) is 46.0 Å². The zero-order valence-corrected chi connectivity index (χ0v) is 12.7. The summed E-state index contributed by atoms with van der Waals surface area (Å²) in [4.78, 5) is 2.52. The van der Waals surface area contributed by atoms with Crippen LogP contribution in [-0.2, 0) is 6.42 Å². The van der Waals surface area contributed by atoms with Crippen LogP contribution in [0, 0.1) is 0 Å². The van der Waals surface area contributed by atoms with Gasteiger partial charge in [0.05, 0.1) is 0 Å². The number of halogens is 1. The Hall–Kier alpha value is -0.540. The molecule has 1 heterocycles. The average molecular weight is 311 g/mol. The molecule has 1 fully saturated rings. The Kier molecular flexibility index (Phi) is 5.07. The van der Waals surface area contributed by atoms with E-state index in [-0.39, 0.29) is 6.04 Å². The van der Waals surface area contributed by atoms with Crippen LogP contribution in [-0.4, -0.2) is 19.1 Å². The lowest BCUT2D eigenvalue weighted by Gasteiger charge is -2.31. The highest BCUT2D eigenvalue weighted by atomic mass is 79.9. The molecule has 1 saturated heterocycles. The molecular weight excluding hydrogens is 288 g/mol. The molecule has 1 unspecified atom stereocenters. The first kappa shape index (κ1) is 13.9. The topological polar surface area (TPSA) is 29.3 Å². The summed E-state index contributed by atoms with van der Waals surface area (Å²) in [6.07, 6.45) is 6.01. The number of nitrogens with two attached hydrogens (primary N) is 1. The predicted octanol–water partition coefficient (Wildman–Crippen LogP) is 3.72. The summed E-state index contributed by atoms with van der Waals surface area (Å²) in [5.74, 6) is 0. The lowest BCUT2D eigenvalue weighted by atomic mass is 10.0. The second-order valence-corrected chi connectivity index (χ2v) is 6.11. The normalized spacial score (nSPS) is 17.8. The number of hydrogen-bond donors (Lipinski definition) is 1. The minimum atomic E-state index is 0.273. The lowest BCUT2D eigenvalue weighted by molar-refractivity contribution is 0.573. The molecule has 2 nitrogen and oxygen atoms in total. The number of rotatable bonds is 4. The molecule has 0 aliphatic carbocycles. The molecule has 2 rings (SSSR count). The van der Waals surface area contributed by atoms with Gasteiger partial charge in [0.1, 0.15) is 0 Å². The van der Waals surface area contributed by atoms with Gasteiger partial charge in [-0.15, -0.1) is 0 Å². The largest absolute Gasteiger partial charge is 0.371 e. The van der Waals surface area contributed by atoms with Crippen LogP contribution >= 0.6 is 15.9 Å². The van der Waals surface area contributed by atoms with Crippen molar-refractivity contribution in [1.82, 2.24) is 0 Å². The molecule has 0 amide bonds. The molecule has 1 aliphatic heterocycles. The highest BCUT2D eigenvalue weighted by Crippen LogP contribution is 2.28. The maximum Gasteiger partial charge on any atom is 0.0410 e. The molecule has 0 bridgehead atoms. The summed E-state index contributed by atoms with van der Waals surface area (Å²) in [6, 6.07) is 6.88. The fourth-order valence-corrected chi connectivity index (χ4v) is 2.91. The van der Waals surface area contributed by atoms with E-state index in [1.165, 1.54) is 43.6 Å². The third-order valence-corrected chi connectivity index (χ3v) is 4.24. The molecular formula is C15H23BrN2. The third-order valence-electron chi connectivity index (χ3n) is 3.75. The van der Waals surface area contributed by atoms with Crippen LogP contribution in [0.1, 0.15) is 38.2 Å². The van der Waals surface area contributed by atoms with Gasteiger partial charge >= 0.3 is 0 Å². The van der Waals surface area contributed by atoms with Crippen molar-refractivity contribution in [2.24, 2.45) is 5.73 Å². The van der Waals surface area contributed by atoms with E-state index in [0.29, 0.717) is 0 Å². The third kappa shape index (κ3) is 3.48. The van der Waals surface area contributed by atoms with Crippen molar-refractivity contribution >= 4 is 21.6 Å². The van der Waals surface area contributed by atoms with Gasteiger partial charge in [-0.05, 0) is 49.8 Å². The molecule has 18 heavy (non-hydrogen) atoms. The van der Waals surface area contributed by atoms with E-state index in [1.54, 1.807) is 0 Å². The van der Waals surface area contributed by atoms with Gasteiger partial charge in [-0.2, -0.15) is 0 Å². The van der Waals surface area contributed by atoms with Crippen LogP contribution < -0.4 is 10.6 Å². The fraction of sp³-hybridized carbons (Fsp3) is 0.600. The minimum Gasteiger partial charge on any atom is -0.371 e. The van der Waals surface area contributed by atoms with Gasteiger partial charge in [-0.25, -0.2) is 0 Å². The van der Waals surface area contributed by atoms with E-state index >= 15 is 0 Å². The van der Waals surface area contributed by atoms with Crippen molar-refractivity contribution in [2.75, 3.05) is 18.0 Å². The summed E-state index contributed by atoms with van der Waals surface area (Å²) in [7, 11) is 0. The van der Waals surface area contributed by atoms with Crippen molar-refractivity contribution in [1.29, 1.82) is 0 Å².